The summed E-state index contributed by atoms with van der Waals surface area (Å²) in [6.07, 6.45) is 3.33. The molecule has 7 nitrogen and oxygen atoms in total. The van der Waals surface area contributed by atoms with E-state index in [1.165, 1.54) is 42.5 Å². The molecule has 2 aliphatic rings. The molecule has 0 spiro atoms. The van der Waals surface area contributed by atoms with E-state index in [9.17, 15) is 18.4 Å². The topological polar surface area (TPSA) is 69.6 Å². The number of halogens is 2. The van der Waals surface area contributed by atoms with Gasteiger partial charge in [-0.15, -0.1) is 0 Å². The minimum atomic E-state index is -0.568. The number of imide groups is 1. The molecule has 0 bridgehead atoms. The number of hydrogen-bond donors (Lipinski definition) is 0. The molecule has 166 valence electrons. The number of piperazine rings is 1. The smallest absolute Gasteiger partial charge is 0.282 e. The fraction of sp³-hybridized carbons (Fsp3) is 0.167. The summed E-state index contributed by atoms with van der Waals surface area (Å²) < 4.78 is 27.4. The Bertz CT molecular complexity index is 1240. The maximum atomic E-state index is 13.9. The van der Waals surface area contributed by atoms with Gasteiger partial charge in [0, 0.05) is 38.6 Å². The molecule has 3 heterocycles. The zero-order chi connectivity index (χ0) is 22.9. The third-order valence-corrected chi connectivity index (χ3v) is 5.69. The summed E-state index contributed by atoms with van der Waals surface area (Å²) in [5.74, 6) is -1.51. The van der Waals surface area contributed by atoms with Crippen LogP contribution in [0.1, 0.15) is 5.56 Å². The van der Waals surface area contributed by atoms with Gasteiger partial charge in [-0.2, -0.15) is 0 Å². The van der Waals surface area contributed by atoms with Gasteiger partial charge in [0.25, 0.3) is 11.8 Å². The summed E-state index contributed by atoms with van der Waals surface area (Å²) in [6, 6.07) is 12.5. The van der Waals surface area contributed by atoms with Crippen molar-refractivity contribution in [3.05, 3.63) is 89.9 Å². The first kappa shape index (κ1) is 20.7. The number of benzene rings is 2. The van der Waals surface area contributed by atoms with Crippen LogP contribution >= 0.6 is 0 Å². The molecule has 9 heteroatoms. The summed E-state index contributed by atoms with van der Waals surface area (Å²) in [6.45, 7) is 2.00. The van der Waals surface area contributed by atoms with Gasteiger partial charge in [0.05, 0.1) is 11.3 Å². The normalized spacial score (nSPS) is 16.7. The predicted octanol–water partition coefficient (Wildman–Crippen LogP) is 2.86. The first-order valence-electron chi connectivity index (χ1n) is 10.4. The number of hydrogen-bond acceptors (Lipinski definition) is 6. The van der Waals surface area contributed by atoms with Crippen LogP contribution in [0.25, 0.3) is 5.57 Å². The average molecular weight is 447 g/mol. The highest BCUT2D eigenvalue weighted by Gasteiger charge is 2.43. The van der Waals surface area contributed by atoms with Crippen LogP contribution in [0.15, 0.2) is 72.7 Å². The summed E-state index contributed by atoms with van der Waals surface area (Å²) >= 11 is 0. The van der Waals surface area contributed by atoms with Crippen LogP contribution in [0, 0.1) is 11.6 Å². The van der Waals surface area contributed by atoms with Gasteiger partial charge in [-0.25, -0.2) is 23.6 Å². The Morgan fingerprint density at radius 2 is 1.39 bits per heavy atom. The van der Waals surface area contributed by atoms with Crippen LogP contribution in [0.2, 0.25) is 0 Å². The molecule has 3 aromatic rings. The summed E-state index contributed by atoms with van der Waals surface area (Å²) in [5, 5.41) is 0. The lowest BCUT2D eigenvalue weighted by Gasteiger charge is -2.36. The van der Waals surface area contributed by atoms with Gasteiger partial charge >= 0.3 is 0 Å². The molecule has 1 fully saturated rings. The van der Waals surface area contributed by atoms with Crippen molar-refractivity contribution in [3.63, 3.8) is 0 Å². The van der Waals surface area contributed by atoms with E-state index in [2.05, 4.69) is 9.97 Å². The van der Waals surface area contributed by atoms with Gasteiger partial charge in [0.2, 0.25) is 5.95 Å². The zero-order valence-corrected chi connectivity index (χ0v) is 17.5. The van der Waals surface area contributed by atoms with E-state index >= 15 is 0 Å². The van der Waals surface area contributed by atoms with Crippen molar-refractivity contribution in [3.8, 4) is 0 Å². The summed E-state index contributed by atoms with van der Waals surface area (Å²) in [4.78, 5) is 40.3. The largest absolute Gasteiger partial charge is 0.363 e. The molecular weight excluding hydrogens is 428 g/mol. The van der Waals surface area contributed by atoms with E-state index in [1.807, 2.05) is 9.80 Å². The van der Waals surface area contributed by atoms with Crippen LogP contribution in [0.4, 0.5) is 20.4 Å². The molecule has 2 aromatic carbocycles. The van der Waals surface area contributed by atoms with Gasteiger partial charge in [0.15, 0.2) is 0 Å². The predicted molar refractivity (Wildman–Crippen MR) is 118 cm³/mol. The van der Waals surface area contributed by atoms with E-state index in [-0.39, 0.29) is 17.0 Å². The van der Waals surface area contributed by atoms with Crippen molar-refractivity contribution in [2.75, 3.05) is 36.0 Å². The molecule has 0 N–H and O–H groups in total. The van der Waals surface area contributed by atoms with Crippen molar-refractivity contribution in [2.24, 2.45) is 0 Å². The third-order valence-electron chi connectivity index (χ3n) is 5.69. The molecule has 1 saturated heterocycles. The molecule has 0 radical (unpaired) electrons. The second kappa shape index (κ2) is 8.42. The van der Waals surface area contributed by atoms with Gasteiger partial charge in [0.1, 0.15) is 17.3 Å². The fourth-order valence-electron chi connectivity index (χ4n) is 4.12. The van der Waals surface area contributed by atoms with Gasteiger partial charge in [-0.3, -0.25) is 9.59 Å². The van der Waals surface area contributed by atoms with E-state index in [0.29, 0.717) is 37.7 Å². The van der Waals surface area contributed by atoms with Crippen LogP contribution in [0.5, 0.6) is 0 Å². The molecule has 0 atom stereocenters. The second-order valence-electron chi connectivity index (χ2n) is 7.68. The van der Waals surface area contributed by atoms with E-state index in [0.717, 1.165) is 11.0 Å². The number of amides is 2. The molecular formula is C24H19F2N5O2. The Balaban J connectivity index is 1.51. The molecule has 33 heavy (non-hydrogen) atoms. The Labute approximate surface area is 188 Å². The highest BCUT2D eigenvalue weighted by molar-refractivity contribution is 6.45. The quantitative estimate of drug-likeness (QED) is 0.573. The zero-order valence-electron chi connectivity index (χ0n) is 17.5. The number of aromatic nitrogens is 2. The number of carbonyl (C=O) groups is 2. The van der Waals surface area contributed by atoms with Crippen LogP contribution in [-0.2, 0) is 9.59 Å². The second-order valence-corrected chi connectivity index (χ2v) is 7.68. The minimum absolute atomic E-state index is 0.149. The summed E-state index contributed by atoms with van der Waals surface area (Å²) in [7, 11) is 0. The first-order chi connectivity index (χ1) is 16.0. The molecule has 2 aliphatic heterocycles. The SMILES string of the molecule is O=C1C(c2ccc(F)cc2)=C(N2CCN(c3ncccn3)CC2)C(=O)N1c1cccc(F)c1. The van der Waals surface area contributed by atoms with Gasteiger partial charge in [-0.1, -0.05) is 18.2 Å². The van der Waals surface area contributed by atoms with Crippen molar-refractivity contribution in [1.29, 1.82) is 0 Å². The number of nitrogens with zero attached hydrogens (tertiary/aromatic N) is 5. The van der Waals surface area contributed by atoms with Crippen molar-refractivity contribution in [1.82, 2.24) is 14.9 Å². The molecule has 5 rings (SSSR count). The Morgan fingerprint density at radius 3 is 2.06 bits per heavy atom. The highest BCUT2D eigenvalue weighted by Crippen LogP contribution is 2.35. The maximum Gasteiger partial charge on any atom is 0.282 e. The fourth-order valence-corrected chi connectivity index (χ4v) is 4.12. The minimum Gasteiger partial charge on any atom is -0.363 e. The van der Waals surface area contributed by atoms with E-state index < -0.39 is 23.4 Å². The molecule has 2 amide bonds. The Morgan fingerprint density at radius 1 is 0.727 bits per heavy atom. The highest BCUT2D eigenvalue weighted by atomic mass is 19.1. The van der Waals surface area contributed by atoms with Crippen molar-refractivity contribution in [2.45, 2.75) is 0 Å². The lowest BCUT2D eigenvalue weighted by Crippen LogP contribution is -2.48. The third kappa shape index (κ3) is 3.82. The Kier molecular flexibility index (Phi) is 5.29. The van der Waals surface area contributed by atoms with Crippen molar-refractivity contribution >= 4 is 29.0 Å². The molecule has 1 aromatic heterocycles. The van der Waals surface area contributed by atoms with Gasteiger partial charge < -0.3 is 9.80 Å². The van der Waals surface area contributed by atoms with Crippen LogP contribution < -0.4 is 9.80 Å². The monoisotopic (exact) mass is 447 g/mol. The average Bonchev–Trinajstić information content (AvgIpc) is 3.10. The Hall–Kier alpha value is -4.14. The maximum absolute atomic E-state index is 13.9. The lowest BCUT2D eigenvalue weighted by molar-refractivity contribution is -0.120. The van der Waals surface area contributed by atoms with Crippen molar-refractivity contribution < 1.29 is 18.4 Å². The number of anilines is 2. The molecule has 0 aliphatic carbocycles. The lowest BCUT2D eigenvalue weighted by atomic mass is 10.0. The molecule has 0 saturated carbocycles. The van der Waals surface area contributed by atoms with Crippen LogP contribution in [-0.4, -0.2) is 52.9 Å². The molecule has 0 unspecified atom stereocenters. The number of rotatable bonds is 4. The number of carbonyl (C=O) groups excluding carboxylic acids is 2. The van der Waals surface area contributed by atoms with Crippen LogP contribution in [0.3, 0.4) is 0 Å². The van der Waals surface area contributed by atoms with E-state index in [4.69, 9.17) is 0 Å². The van der Waals surface area contributed by atoms with Gasteiger partial charge in [-0.05, 0) is 42.0 Å². The summed E-state index contributed by atoms with van der Waals surface area (Å²) in [5.41, 5.74) is 0.978. The van der Waals surface area contributed by atoms with E-state index in [1.54, 1.807) is 18.5 Å². The first-order valence-corrected chi connectivity index (χ1v) is 10.4. The standard InChI is InChI=1S/C24H19F2N5O2/c25-17-7-5-16(6-8-17)20-21(23(33)31(22(20)32)19-4-1-3-18(26)15-19)29-11-13-30(14-12-29)24-27-9-2-10-28-24/h1-10,15H,11-14H2.